The lowest BCUT2D eigenvalue weighted by atomic mass is 10.6. The average Bonchev–Trinajstić information content (AvgIpc) is 2.57. The van der Waals surface area contributed by atoms with Crippen LogP contribution in [0.3, 0.4) is 0 Å². The van der Waals surface area contributed by atoms with Crippen LogP contribution in [0.4, 0.5) is 0 Å². The van der Waals surface area contributed by atoms with E-state index in [1.54, 1.807) is 10.6 Å². The van der Waals surface area contributed by atoms with Crippen molar-refractivity contribution < 1.29 is 0 Å². The van der Waals surface area contributed by atoms with Gasteiger partial charge in [-0.2, -0.15) is 0 Å². The molecule has 0 saturated heterocycles. The van der Waals surface area contributed by atoms with Crippen molar-refractivity contribution in [3.8, 4) is 0 Å². The van der Waals surface area contributed by atoms with E-state index in [9.17, 15) is 4.79 Å². The Morgan fingerprint density at radius 1 is 1.53 bits per heavy atom. The molecule has 0 amide bonds. The van der Waals surface area contributed by atoms with Crippen LogP contribution < -0.4 is 5.69 Å². The Morgan fingerprint density at radius 3 is 2.94 bits per heavy atom. The molecule has 0 aliphatic rings. The van der Waals surface area contributed by atoms with Crippen LogP contribution >= 0.6 is 27.7 Å². The maximum absolute atomic E-state index is 11.4. The van der Waals surface area contributed by atoms with Crippen LogP contribution in [0.25, 0.3) is 0 Å². The molecule has 2 aromatic heterocycles. The third-order valence-electron chi connectivity index (χ3n) is 2.02. The summed E-state index contributed by atoms with van der Waals surface area (Å²) in [5.74, 6) is 0.669. The maximum atomic E-state index is 11.4. The number of hydrogen-bond donors (Lipinski definition) is 1. The molecule has 2 rings (SSSR count). The van der Waals surface area contributed by atoms with Gasteiger partial charge in [0.2, 0.25) is 0 Å². The first-order valence-electron chi connectivity index (χ1n) is 4.94. The molecule has 8 heteroatoms. The SMILES string of the molecule is CCn1c(Sc2cc(Br)nc(C)n2)n[nH]c1=O. The van der Waals surface area contributed by atoms with Crippen LogP contribution in [-0.2, 0) is 6.54 Å². The molecular formula is C9H10BrN5OS. The van der Waals surface area contributed by atoms with Crippen LogP contribution in [-0.4, -0.2) is 24.7 Å². The molecule has 0 aliphatic heterocycles. The second-order valence-corrected chi connectivity index (χ2v) is 5.03. The van der Waals surface area contributed by atoms with Gasteiger partial charge in [-0.05, 0) is 41.5 Å². The summed E-state index contributed by atoms with van der Waals surface area (Å²) in [6.07, 6.45) is 0. The van der Waals surface area contributed by atoms with Crippen molar-refractivity contribution in [1.82, 2.24) is 24.7 Å². The molecule has 90 valence electrons. The minimum atomic E-state index is -0.208. The Bertz CT molecular complexity index is 573. The highest BCUT2D eigenvalue weighted by molar-refractivity contribution is 9.10. The van der Waals surface area contributed by atoms with Crippen LogP contribution in [0.15, 0.2) is 25.6 Å². The topological polar surface area (TPSA) is 76.5 Å². The molecule has 0 radical (unpaired) electrons. The molecule has 0 aromatic carbocycles. The molecule has 6 nitrogen and oxygen atoms in total. The highest BCUT2D eigenvalue weighted by atomic mass is 79.9. The van der Waals surface area contributed by atoms with Crippen LogP contribution in [0.1, 0.15) is 12.7 Å². The Labute approximate surface area is 110 Å². The number of H-pyrrole nitrogens is 1. The monoisotopic (exact) mass is 315 g/mol. The fraction of sp³-hybridized carbons (Fsp3) is 0.333. The predicted molar refractivity (Wildman–Crippen MR) is 67.1 cm³/mol. The fourth-order valence-electron chi connectivity index (χ4n) is 1.31. The van der Waals surface area contributed by atoms with Crippen molar-refractivity contribution >= 4 is 27.7 Å². The fourth-order valence-corrected chi connectivity index (χ4v) is 2.89. The van der Waals surface area contributed by atoms with E-state index in [0.29, 0.717) is 22.1 Å². The van der Waals surface area contributed by atoms with Crippen molar-refractivity contribution in [2.75, 3.05) is 0 Å². The van der Waals surface area contributed by atoms with E-state index in [-0.39, 0.29) is 5.69 Å². The Balaban J connectivity index is 2.34. The van der Waals surface area contributed by atoms with E-state index in [1.807, 2.05) is 13.8 Å². The lowest BCUT2D eigenvalue weighted by molar-refractivity contribution is 0.660. The number of nitrogens with one attached hydrogen (secondary N) is 1. The number of aromatic nitrogens is 5. The molecule has 0 spiro atoms. The highest BCUT2D eigenvalue weighted by Gasteiger charge is 2.10. The van der Waals surface area contributed by atoms with Gasteiger partial charge in [-0.3, -0.25) is 4.57 Å². The van der Waals surface area contributed by atoms with Crippen molar-refractivity contribution in [1.29, 1.82) is 0 Å². The summed E-state index contributed by atoms with van der Waals surface area (Å²) in [6, 6.07) is 1.79. The molecule has 0 saturated carbocycles. The highest BCUT2D eigenvalue weighted by Crippen LogP contribution is 2.24. The summed E-state index contributed by atoms with van der Waals surface area (Å²) >= 11 is 4.63. The summed E-state index contributed by atoms with van der Waals surface area (Å²) in [5, 5.41) is 7.72. The van der Waals surface area contributed by atoms with Gasteiger partial charge in [0, 0.05) is 12.6 Å². The molecule has 0 bridgehead atoms. The molecule has 0 fully saturated rings. The molecular weight excluding hydrogens is 306 g/mol. The van der Waals surface area contributed by atoms with Crippen molar-refractivity contribution in [3.63, 3.8) is 0 Å². The van der Waals surface area contributed by atoms with E-state index in [4.69, 9.17) is 0 Å². The lowest BCUT2D eigenvalue weighted by Crippen LogP contribution is -2.16. The Kier molecular flexibility index (Phi) is 3.63. The molecule has 0 unspecified atom stereocenters. The third kappa shape index (κ3) is 2.75. The van der Waals surface area contributed by atoms with Gasteiger partial charge in [-0.15, -0.1) is 5.10 Å². The molecule has 2 aromatic rings. The van der Waals surface area contributed by atoms with E-state index in [2.05, 4.69) is 36.1 Å². The summed E-state index contributed by atoms with van der Waals surface area (Å²) in [4.78, 5) is 19.8. The van der Waals surface area contributed by atoms with Crippen molar-refractivity contribution in [2.24, 2.45) is 0 Å². The second kappa shape index (κ2) is 5.01. The number of nitrogens with zero attached hydrogens (tertiary/aromatic N) is 4. The number of aryl methyl sites for hydroxylation is 1. The number of hydrogen-bond acceptors (Lipinski definition) is 5. The quantitative estimate of drug-likeness (QED) is 0.871. The Hall–Kier alpha value is -1.15. The van der Waals surface area contributed by atoms with Crippen LogP contribution in [0.2, 0.25) is 0 Å². The van der Waals surface area contributed by atoms with E-state index >= 15 is 0 Å². The van der Waals surface area contributed by atoms with Gasteiger partial charge in [0.25, 0.3) is 0 Å². The van der Waals surface area contributed by atoms with E-state index < -0.39 is 0 Å². The smallest absolute Gasteiger partial charge is 0.270 e. The van der Waals surface area contributed by atoms with Gasteiger partial charge >= 0.3 is 5.69 Å². The van der Waals surface area contributed by atoms with Gasteiger partial charge < -0.3 is 0 Å². The van der Waals surface area contributed by atoms with Gasteiger partial charge in [0.15, 0.2) is 5.16 Å². The van der Waals surface area contributed by atoms with E-state index in [0.717, 1.165) is 5.03 Å². The summed E-state index contributed by atoms with van der Waals surface area (Å²) in [6.45, 7) is 4.28. The third-order valence-corrected chi connectivity index (χ3v) is 3.34. The second-order valence-electron chi connectivity index (χ2n) is 3.23. The first kappa shape index (κ1) is 12.3. The van der Waals surface area contributed by atoms with Gasteiger partial charge in [0.05, 0.1) is 0 Å². The summed E-state index contributed by atoms with van der Waals surface area (Å²) in [7, 11) is 0. The molecule has 2 heterocycles. The zero-order valence-corrected chi connectivity index (χ0v) is 11.7. The van der Waals surface area contributed by atoms with Gasteiger partial charge in [-0.25, -0.2) is 19.9 Å². The largest absolute Gasteiger partial charge is 0.343 e. The van der Waals surface area contributed by atoms with Gasteiger partial charge in [-0.1, -0.05) is 0 Å². The molecule has 1 N–H and O–H groups in total. The lowest BCUT2D eigenvalue weighted by Gasteiger charge is -2.02. The number of rotatable bonds is 3. The van der Waals surface area contributed by atoms with Gasteiger partial charge in [0.1, 0.15) is 15.5 Å². The number of aromatic amines is 1. The minimum absolute atomic E-state index is 0.208. The summed E-state index contributed by atoms with van der Waals surface area (Å²) in [5.41, 5.74) is -0.208. The zero-order valence-electron chi connectivity index (χ0n) is 9.27. The van der Waals surface area contributed by atoms with Crippen LogP contribution in [0, 0.1) is 6.92 Å². The standard InChI is InChI=1S/C9H10BrN5OS/c1-3-15-8(16)13-14-9(15)17-7-4-6(10)11-5(2)12-7/h4H,3H2,1-2H3,(H,13,16). The normalized spacial score (nSPS) is 10.8. The van der Waals surface area contributed by atoms with Crippen LogP contribution in [0.5, 0.6) is 0 Å². The zero-order chi connectivity index (χ0) is 12.4. The maximum Gasteiger partial charge on any atom is 0.343 e. The number of halogens is 1. The Morgan fingerprint density at radius 2 is 2.29 bits per heavy atom. The van der Waals surface area contributed by atoms with Crippen molar-refractivity contribution in [3.05, 3.63) is 27.0 Å². The predicted octanol–water partition coefficient (Wildman–Crippen LogP) is 1.60. The minimum Gasteiger partial charge on any atom is -0.270 e. The molecule has 0 aliphatic carbocycles. The van der Waals surface area contributed by atoms with E-state index in [1.165, 1.54) is 11.8 Å². The first-order chi connectivity index (χ1) is 8.10. The average molecular weight is 316 g/mol. The molecule has 17 heavy (non-hydrogen) atoms. The summed E-state index contributed by atoms with van der Waals surface area (Å²) < 4.78 is 2.27. The first-order valence-corrected chi connectivity index (χ1v) is 6.55. The van der Waals surface area contributed by atoms with Crippen molar-refractivity contribution in [2.45, 2.75) is 30.6 Å². The molecule has 0 atom stereocenters.